The van der Waals surface area contributed by atoms with Crippen molar-refractivity contribution in [2.45, 2.75) is 46.0 Å². The maximum atomic E-state index is 13.6. The van der Waals surface area contributed by atoms with Gasteiger partial charge in [-0.25, -0.2) is 0 Å². The number of nitrogens with one attached hydrogen (secondary N) is 1. The van der Waals surface area contributed by atoms with Crippen LogP contribution in [0.3, 0.4) is 0 Å². The molecule has 1 atom stereocenters. The fourth-order valence-electron chi connectivity index (χ4n) is 5.29. The Bertz CT molecular complexity index is 1170. The van der Waals surface area contributed by atoms with E-state index in [1.54, 1.807) is 0 Å². The number of carbonyl (C=O) groups is 1. The van der Waals surface area contributed by atoms with Gasteiger partial charge in [0.15, 0.2) is 11.6 Å². The molecule has 30 heavy (non-hydrogen) atoms. The van der Waals surface area contributed by atoms with Crippen molar-refractivity contribution in [3.63, 3.8) is 0 Å². The van der Waals surface area contributed by atoms with Crippen molar-refractivity contribution in [3.8, 4) is 11.1 Å². The second-order valence-electron chi connectivity index (χ2n) is 9.12. The highest BCUT2D eigenvalue weighted by molar-refractivity contribution is 6.06. The number of aromatic nitrogens is 1. The van der Waals surface area contributed by atoms with Crippen LogP contribution >= 0.6 is 0 Å². The van der Waals surface area contributed by atoms with E-state index in [1.165, 1.54) is 0 Å². The number of azo groups is 1. The van der Waals surface area contributed by atoms with Crippen molar-refractivity contribution >= 4 is 5.78 Å². The topological polar surface area (TPSA) is 66.7 Å². The van der Waals surface area contributed by atoms with Crippen LogP contribution in [0.5, 0.6) is 0 Å². The van der Waals surface area contributed by atoms with Crippen molar-refractivity contribution in [3.05, 3.63) is 76.5 Å². The highest BCUT2D eigenvalue weighted by Gasteiger charge is 2.54. The first-order valence-electron chi connectivity index (χ1n) is 10.6. The highest BCUT2D eigenvalue weighted by Crippen LogP contribution is 2.55. The third-order valence-electron chi connectivity index (χ3n) is 6.77. The van der Waals surface area contributed by atoms with Gasteiger partial charge in [-0.15, -0.1) is 5.11 Å². The molecule has 0 bridgehead atoms. The van der Waals surface area contributed by atoms with Crippen LogP contribution in [-0.2, 0) is 10.2 Å². The van der Waals surface area contributed by atoms with Crippen LogP contribution in [0.2, 0.25) is 0 Å². The number of Topliss-reactive ketones (excluding diaryl/α,β-unsaturated/α-hetero) is 1. The molecule has 1 aliphatic carbocycles. The first-order chi connectivity index (χ1) is 14.4. The summed E-state index contributed by atoms with van der Waals surface area (Å²) in [4.78, 5) is 17.9. The molecule has 1 aromatic carbocycles. The number of rotatable bonds is 3. The van der Waals surface area contributed by atoms with Gasteiger partial charge in [0, 0.05) is 40.6 Å². The van der Waals surface area contributed by atoms with E-state index in [2.05, 4.69) is 57.8 Å². The molecular formula is C25H26N4O. The molecule has 0 amide bonds. The van der Waals surface area contributed by atoms with Gasteiger partial charge in [0.05, 0.1) is 12.0 Å². The predicted octanol–water partition coefficient (Wildman–Crippen LogP) is 5.24. The summed E-state index contributed by atoms with van der Waals surface area (Å²) in [5.74, 6) is 1.06. The van der Waals surface area contributed by atoms with Crippen molar-refractivity contribution < 1.29 is 4.79 Å². The summed E-state index contributed by atoms with van der Waals surface area (Å²) >= 11 is 0. The van der Waals surface area contributed by atoms with Crippen LogP contribution in [0.15, 0.2) is 75.5 Å². The monoisotopic (exact) mass is 398 g/mol. The van der Waals surface area contributed by atoms with E-state index < -0.39 is 10.8 Å². The number of benzene rings is 1. The SMILES string of the molecule is CC[C@]1(c2cccc(-c3ccnc(C)c3)c2)C2=C(N=NC2)NC2=C1C(=O)C(C)(C)C2. The Morgan fingerprint density at radius 3 is 2.70 bits per heavy atom. The molecule has 5 rings (SSSR count). The molecule has 0 spiro atoms. The summed E-state index contributed by atoms with van der Waals surface area (Å²) in [5, 5.41) is 12.2. The van der Waals surface area contributed by atoms with E-state index in [-0.39, 0.29) is 5.78 Å². The lowest BCUT2D eigenvalue weighted by atomic mass is 9.63. The van der Waals surface area contributed by atoms with Crippen molar-refractivity contribution in [1.29, 1.82) is 0 Å². The molecule has 0 unspecified atom stereocenters. The summed E-state index contributed by atoms with van der Waals surface area (Å²) in [6.45, 7) is 8.78. The normalized spacial score (nSPS) is 24.2. The Kier molecular flexibility index (Phi) is 4.07. The number of nitrogens with zero attached hydrogens (tertiary/aromatic N) is 3. The fourth-order valence-corrected chi connectivity index (χ4v) is 5.29. The first-order valence-corrected chi connectivity index (χ1v) is 10.6. The van der Waals surface area contributed by atoms with Crippen LogP contribution in [0, 0.1) is 12.3 Å². The molecule has 2 aromatic rings. The minimum atomic E-state index is -0.498. The number of carbonyl (C=O) groups excluding carboxylic acids is 1. The van der Waals surface area contributed by atoms with Crippen LogP contribution in [0.4, 0.5) is 0 Å². The Morgan fingerprint density at radius 2 is 1.93 bits per heavy atom. The van der Waals surface area contributed by atoms with Crippen molar-refractivity contribution in [2.24, 2.45) is 15.6 Å². The number of hydrogen-bond acceptors (Lipinski definition) is 5. The smallest absolute Gasteiger partial charge is 0.167 e. The lowest BCUT2D eigenvalue weighted by molar-refractivity contribution is -0.122. The molecule has 0 fully saturated rings. The third kappa shape index (κ3) is 2.54. The number of ketones is 1. The standard InChI is InChI=1S/C25H26N4O/c1-5-25(18-8-6-7-16(12-18)17-9-10-26-15(2)11-17)19-14-27-29-23(19)28-20-13-24(3,4)22(30)21(20)25/h6-12,28H,5,13-14H2,1-4H3/t25-/m0/s1. The van der Waals surface area contributed by atoms with Gasteiger partial charge in [-0.2, -0.15) is 5.11 Å². The number of allylic oxidation sites excluding steroid dienone is 2. The average molecular weight is 399 g/mol. The van der Waals surface area contributed by atoms with Crippen LogP contribution in [-0.4, -0.2) is 17.3 Å². The second-order valence-corrected chi connectivity index (χ2v) is 9.12. The van der Waals surface area contributed by atoms with E-state index in [0.717, 1.165) is 51.5 Å². The van der Waals surface area contributed by atoms with E-state index in [4.69, 9.17) is 0 Å². The molecule has 1 aromatic heterocycles. The molecule has 2 aliphatic heterocycles. The zero-order valence-corrected chi connectivity index (χ0v) is 17.9. The van der Waals surface area contributed by atoms with Gasteiger partial charge in [-0.3, -0.25) is 9.78 Å². The first kappa shape index (κ1) is 18.9. The van der Waals surface area contributed by atoms with Gasteiger partial charge in [-0.05, 0) is 48.2 Å². The molecule has 1 N–H and O–H groups in total. The van der Waals surface area contributed by atoms with Gasteiger partial charge in [0.2, 0.25) is 0 Å². The van der Waals surface area contributed by atoms with Crippen molar-refractivity contribution in [1.82, 2.24) is 10.3 Å². The average Bonchev–Trinajstić information content (AvgIpc) is 3.29. The molecule has 5 heteroatoms. The van der Waals surface area contributed by atoms with Crippen LogP contribution < -0.4 is 5.32 Å². The van der Waals surface area contributed by atoms with E-state index >= 15 is 0 Å². The molecule has 0 saturated carbocycles. The van der Waals surface area contributed by atoms with E-state index in [0.29, 0.717) is 13.0 Å². The maximum Gasteiger partial charge on any atom is 0.167 e. The Balaban J connectivity index is 1.73. The molecule has 152 valence electrons. The summed E-state index contributed by atoms with van der Waals surface area (Å²) in [6.07, 6.45) is 3.34. The van der Waals surface area contributed by atoms with Gasteiger partial charge >= 0.3 is 0 Å². The van der Waals surface area contributed by atoms with Crippen LogP contribution in [0.25, 0.3) is 11.1 Å². The predicted molar refractivity (Wildman–Crippen MR) is 117 cm³/mol. The summed E-state index contributed by atoms with van der Waals surface area (Å²) in [6, 6.07) is 12.7. The minimum absolute atomic E-state index is 0.232. The quantitative estimate of drug-likeness (QED) is 0.769. The van der Waals surface area contributed by atoms with E-state index in [9.17, 15) is 4.79 Å². The molecular weight excluding hydrogens is 372 g/mol. The molecule has 3 heterocycles. The second kappa shape index (κ2) is 6.46. The lowest BCUT2D eigenvalue weighted by Gasteiger charge is -2.40. The zero-order valence-electron chi connectivity index (χ0n) is 17.9. The van der Waals surface area contributed by atoms with Crippen molar-refractivity contribution in [2.75, 3.05) is 6.54 Å². The van der Waals surface area contributed by atoms with Gasteiger partial charge in [0.1, 0.15) is 0 Å². The van der Waals surface area contributed by atoms with Gasteiger partial charge < -0.3 is 5.32 Å². The fraction of sp³-hybridized carbons (Fsp3) is 0.360. The number of pyridine rings is 1. The third-order valence-corrected chi connectivity index (χ3v) is 6.77. The Hall–Kier alpha value is -3.08. The number of dihydropyridines is 1. The van der Waals surface area contributed by atoms with Gasteiger partial charge in [-0.1, -0.05) is 39.0 Å². The molecule has 0 saturated heterocycles. The zero-order chi connectivity index (χ0) is 21.1. The lowest BCUT2D eigenvalue weighted by Crippen LogP contribution is -2.41. The summed E-state index contributed by atoms with van der Waals surface area (Å²) < 4.78 is 0. The molecule has 0 radical (unpaired) electrons. The van der Waals surface area contributed by atoms with E-state index in [1.807, 2.05) is 33.0 Å². The largest absolute Gasteiger partial charge is 0.342 e. The Morgan fingerprint density at radius 1 is 1.13 bits per heavy atom. The van der Waals surface area contributed by atoms with Gasteiger partial charge in [0.25, 0.3) is 0 Å². The summed E-state index contributed by atoms with van der Waals surface area (Å²) in [7, 11) is 0. The number of hydrogen-bond donors (Lipinski definition) is 1. The maximum absolute atomic E-state index is 13.6. The van der Waals surface area contributed by atoms with Crippen LogP contribution in [0.1, 0.15) is 44.9 Å². The molecule has 5 nitrogen and oxygen atoms in total. The highest BCUT2D eigenvalue weighted by atomic mass is 16.1. The molecule has 3 aliphatic rings. The Labute approximate surface area is 177 Å². The number of aryl methyl sites for hydroxylation is 1. The minimum Gasteiger partial charge on any atom is -0.342 e. The summed E-state index contributed by atoms with van der Waals surface area (Å²) in [5.41, 5.74) is 6.51.